The molecule has 0 saturated heterocycles. The van der Waals surface area contributed by atoms with E-state index in [-0.39, 0.29) is 12.3 Å². The van der Waals surface area contributed by atoms with Crippen molar-refractivity contribution in [2.45, 2.75) is 6.42 Å². The van der Waals surface area contributed by atoms with Crippen LogP contribution in [0.5, 0.6) is 11.5 Å². The number of benzene rings is 1. The second kappa shape index (κ2) is 7.03. The Balaban J connectivity index is 1.41. The maximum Gasteiger partial charge on any atom is 0.230 e. The minimum Gasteiger partial charge on any atom is -0.486 e. The molecule has 1 aliphatic rings. The fourth-order valence-electron chi connectivity index (χ4n) is 2.44. The Morgan fingerprint density at radius 3 is 2.84 bits per heavy atom. The molecular weight excluding hydrogens is 380 g/mol. The fourth-order valence-corrected chi connectivity index (χ4v) is 4.25. The first-order valence-corrected chi connectivity index (χ1v) is 9.64. The molecule has 1 amide bonds. The molecule has 25 heavy (non-hydrogen) atoms. The third kappa shape index (κ3) is 3.78. The number of aromatic nitrogens is 1. The van der Waals surface area contributed by atoms with Crippen molar-refractivity contribution in [3.63, 3.8) is 0 Å². The van der Waals surface area contributed by atoms with Gasteiger partial charge in [-0.15, -0.1) is 22.7 Å². The number of nitrogens with zero attached hydrogens (tertiary/aromatic N) is 1. The summed E-state index contributed by atoms with van der Waals surface area (Å²) in [7, 11) is 0. The fraction of sp³-hybridized carbons (Fsp3) is 0.176. The van der Waals surface area contributed by atoms with Crippen molar-refractivity contribution >= 4 is 45.3 Å². The van der Waals surface area contributed by atoms with Gasteiger partial charge in [0.15, 0.2) is 16.6 Å². The van der Waals surface area contributed by atoms with E-state index >= 15 is 0 Å². The predicted octanol–water partition coefficient (Wildman–Crippen LogP) is 4.48. The first-order chi connectivity index (χ1) is 12.2. The largest absolute Gasteiger partial charge is 0.486 e. The number of carbonyl (C=O) groups excluding carboxylic acids is 1. The van der Waals surface area contributed by atoms with Crippen LogP contribution >= 0.6 is 34.3 Å². The topological polar surface area (TPSA) is 60.5 Å². The van der Waals surface area contributed by atoms with Crippen LogP contribution in [-0.2, 0) is 11.2 Å². The molecule has 0 radical (unpaired) electrons. The molecule has 1 N–H and O–H groups in total. The molecule has 0 spiro atoms. The summed E-state index contributed by atoms with van der Waals surface area (Å²) in [6.07, 6.45) is 0.246. The van der Waals surface area contributed by atoms with Crippen LogP contribution < -0.4 is 14.8 Å². The number of ether oxygens (including phenoxy) is 2. The van der Waals surface area contributed by atoms with E-state index in [1.54, 1.807) is 0 Å². The van der Waals surface area contributed by atoms with Crippen molar-refractivity contribution in [3.05, 3.63) is 45.6 Å². The van der Waals surface area contributed by atoms with Crippen LogP contribution in [0, 0.1) is 0 Å². The monoisotopic (exact) mass is 392 g/mol. The molecule has 5 nitrogen and oxygen atoms in total. The van der Waals surface area contributed by atoms with Crippen LogP contribution in [-0.4, -0.2) is 24.1 Å². The molecule has 0 aliphatic carbocycles. The minimum atomic E-state index is -0.123. The first kappa shape index (κ1) is 16.4. The molecule has 1 aliphatic heterocycles. The Kier molecular flexibility index (Phi) is 4.61. The van der Waals surface area contributed by atoms with E-state index in [1.807, 2.05) is 35.7 Å². The first-order valence-electron chi connectivity index (χ1n) is 7.57. The van der Waals surface area contributed by atoms with Gasteiger partial charge in [-0.25, -0.2) is 4.98 Å². The quantitative estimate of drug-likeness (QED) is 0.711. The zero-order chi connectivity index (χ0) is 17.2. The summed E-state index contributed by atoms with van der Waals surface area (Å²) in [6, 6.07) is 9.30. The molecule has 3 aromatic rings. The Morgan fingerprint density at radius 1 is 1.20 bits per heavy atom. The second-order valence-corrected chi connectivity index (χ2v) is 7.92. The molecule has 4 rings (SSSR count). The van der Waals surface area contributed by atoms with Gasteiger partial charge in [-0.2, -0.15) is 0 Å². The standard InChI is InChI=1S/C17H13ClN2O3S2/c18-15-4-3-14(25-15)11-9-24-17(19-11)20-16(21)8-10-1-2-12-13(7-10)23-6-5-22-12/h1-4,7,9H,5-6,8H2,(H,19,20,21). The molecule has 1 aromatic carbocycles. The predicted molar refractivity (Wildman–Crippen MR) is 100 cm³/mol. The Hall–Kier alpha value is -2.09. The summed E-state index contributed by atoms with van der Waals surface area (Å²) in [5.74, 6) is 1.28. The van der Waals surface area contributed by atoms with Gasteiger partial charge in [0.1, 0.15) is 13.2 Å². The van der Waals surface area contributed by atoms with Crippen LogP contribution in [0.4, 0.5) is 5.13 Å². The van der Waals surface area contributed by atoms with E-state index in [0.29, 0.717) is 28.4 Å². The van der Waals surface area contributed by atoms with Crippen LogP contribution in [0.2, 0.25) is 4.34 Å². The van der Waals surface area contributed by atoms with E-state index in [1.165, 1.54) is 22.7 Å². The zero-order valence-electron chi connectivity index (χ0n) is 13.0. The molecule has 0 atom stereocenters. The van der Waals surface area contributed by atoms with Crippen molar-refractivity contribution in [1.82, 2.24) is 4.98 Å². The van der Waals surface area contributed by atoms with Gasteiger partial charge in [0, 0.05) is 5.38 Å². The lowest BCUT2D eigenvalue weighted by Crippen LogP contribution is -2.17. The number of amides is 1. The second-order valence-electron chi connectivity index (χ2n) is 5.34. The summed E-state index contributed by atoms with van der Waals surface area (Å²) >= 11 is 8.80. The lowest BCUT2D eigenvalue weighted by molar-refractivity contribution is -0.115. The maximum atomic E-state index is 12.3. The summed E-state index contributed by atoms with van der Waals surface area (Å²) in [6.45, 7) is 1.08. The highest BCUT2D eigenvalue weighted by atomic mass is 35.5. The highest BCUT2D eigenvalue weighted by molar-refractivity contribution is 7.20. The van der Waals surface area contributed by atoms with E-state index in [9.17, 15) is 4.79 Å². The van der Waals surface area contributed by atoms with Gasteiger partial charge < -0.3 is 14.8 Å². The molecule has 128 valence electrons. The van der Waals surface area contributed by atoms with Gasteiger partial charge in [0.05, 0.1) is 21.3 Å². The number of carbonyl (C=O) groups is 1. The SMILES string of the molecule is O=C(Cc1ccc2c(c1)OCCO2)Nc1nc(-c2ccc(Cl)s2)cs1. The molecule has 3 heterocycles. The minimum absolute atomic E-state index is 0.123. The molecule has 0 unspecified atom stereocenters. The summed E-state index contributed by atoms with van der Waals surface area (Å²) in [5, 5.41) is 5.31. The summed E-state index contributed by atoms with van der Waals surface area (Å²) in [5.41, 5.74) is 1.68. The molecule has 0 bridgehead atoms. The normalized spacial score (nSPS) is 12.8. The smallest absolute Gasteiger partial charge is 0.230 e. The molecule has 8 heteroatoms. The Labute approximate surface area is 157 Å². The molecular formula is C17H13ClN2O3S2. The van der Waals surface area contributed by atoms with Gasteiger partial charge in [-0.05, 0) is 29.8 Å². The number of halogens is 1. The van der Waals surface area contributed by atoms with Crippen LogP contribution in [0.1, 0.15) is 5.56 Å². The zero-order valence-corrected chi connectivity index (χ0v) is 15.3. The van der Waals surface area contributed by atoms with Gasteiger partial charge >= 0.3 is 0 Å². The number of hydrogen-bond donors (Lipinski definition) is 1. The van der Waals surface area contributed by atoms with Crippen LogP contribution in [0.3, 0.4) is 0 Å². The summed E-state index contributed by atoms with van der Waals surface area (Å²) < 4.78 is 11.7. The summed E-state index contributed by atoms with van der Waals surface area (Å²) in [4.78, 5) is 17.7. The highest BCUT2D eigenvalue weighted by Crippen LogP contribution is 2.33. The van der Waals surface area contributed by atoms with E-state index in [0.717, 1.165) is 21.9 Å². The molecule has 2 aromatic heterocycles. The van der Waals surface area contributed by atoms with Crippen LogP contribution in [0.15, 0.2) is 35.7 Å². The van der Waals surface area contributed by atoms with E-state index in [2.05, 4.69) is 10.3 Å². The number of rotatable bonds is 4. The van der Waals surface area contributed by atoms with E-state index < -0.39 is 0 Å². The van der Waals surface area contributed by atoms with Gasteiger partial charge in [-0.1, -0.05) is 17.7 Å². The Morgan fingerprint density at radius 2 is 2.04 bits per heavy atom. The van der Waals surface area contributed by atoms with E-state index in [4.69, 9.17) is 21.1 Å². The lowest BCUT2D eigenvalue weighted by atomic mass is 10.1. The van der Waals surface area contributed by atoms with Crippen molar-refractivity contribution in [2.24, 2.45) is 0 Å². The van der Waals surface area contributed by atoms with Crippen LogP contribution in [0.25, 0.3) is 10.6 Å². The van der Waals surface area contributed by atoms with Gasteiger partial charge in [-0.3, -0.25) is 4.79 Å². The number of thiophene rings is 1. The number of thiazole rings is 1. The molecule has 0 saturated carbocycles. The number of fused-ring (bicyclic) bond motifs is 1. The van der Waals surface area contributed by atoms with Crippen molar-refractivity contribution in [1.29, 1.82) is 0 Å². The Bertz CT molecular complexity index is 922. The molecule has 0 fully saturated rings. The van der Waals surface area contributed by atoms with Crippen molar-refractivity contribution in [2.75, 3.05) is 18.5 Å². The van der Waals surface area contributed by atoms with Gasteiger partial charge in [0.25, 0.3) is 0 Å². The number of anilines is 1. The highest BCUT2D eigenvalue weighted by Gasteiger charge is 2.14. The van der Waals surface area contributed by atoms with Crippen molar-refractivity contribution in [3.8, 4) is 22.1 Å². The van der Waals surface area contributed by atoms with Gasteiger partial charge in [0.2, 0.25) is 5.91 Å². The van der Waals surface area contributed by atoms with Crippen molar-refractivity contribution < 1.29 is 14.3 Å². The lowest BCUT2D eigenvalue weighted by Gasteiger charge is -2.18. The third-order valence-electron chi connectivity index (χ3n) is 3.55. The average Bonchev–Trinajstić information content (AvgIpc) is 3.23. The maximum absolute atomic E-state index is 12.3. The third-order valence-corrected chi connectivity index (χ3v) is 5.56. The number of hydrogen-bond acceptors (Lipinski definition) is 6. The average molecular weight is 393 g/mol. The number of nitrogens with one attached hydrogen (secondary N) is 1.